The minimum Gasteiger partial charge on any atom is -0.361 e. The smallest absolute Gasteiger partial charge is 0.183 e. The Morgan fingerprint density at radius 1 is 1.38 bits per heavy atom. The van der Waals surface area contributed by atoms with Crippen molar-refractivity contribution >= 4 is 16.5 Å². The number of aromatic nitrogens is 1. The van der Waals surface area contributed by atoms with Gasteiger partial charge in [0.25, 0.3) is 0 Å². The van der Waals surface area contributed by atoms with E-state index in [0.29, 0.717) is 5.92 Å². The van der Waals surface area contributed by atoms with Crippen LogP contribution in [-0.4, -0.2) is 36.6 Å². The SMILES string of the molecule is CN1CCCC(CNc2nc(-c3ccc(F)cc3)cs2)C1. The van der Waals surface area contributed by atoms with Crippen molar-refractivity contribution in [3.05, 3.63) is 35.5 Å². The molecule has 1 N–H and O–H groups in total. The van der Waals surface area contributed by atoms with Gasteiger partial charge in [-0.3, -0.25) is 0 Å². The Hall–Kier alpha value is -1.46. The van der Waals surface area contributed by atoms with E-state index in [0.717, 1.165) is 29.5 Å². The van der Waals surface area contributed by atoms with Crippen LogP contribution in [0.25, 0.3) is 11.3 Å². The fourth-order valence-corrected chi connectivity index (χ4v) is 3.51. The molecule has 0 saturated carbocycles. The van der Waals surface area contributed by atoms with Crippen LogP contribution in [0.2, 0.25) is 0 Å². The Bertz CT molecular complexity index is 581. The van der Waals surface area contributed by atoms with Gasteiger partial charge in [-0.25, -0.2) is 9.37 Å². The van der Waals surface area contributed by atoms with Crippen molar-refractivity contribution in [2.45, 2.75) is 12.8 Å². The quantitative estimate of drug-likeness (QED) is 0.933. The second-order valence-electron chi connectivity index (χ2n) is 5.70. The highest BCUT2D eigenvalue weighted by Gasteiger charge is 2.17. The Balaban J connectivity index is 1.59. The molecule has 3 nitrogen and oxygen atoms in total. The van der Waals surface area contributed by atoms with Crippen molar-refractivity contribution < 1.29 is 4.39 Å². The van der Waals surface area contributed by atoms with Gasteiger partial charge in [0.2, 0.25) is 0 Å². The summed E-state index contributed by atoms with van der Waals surface area (Å²) in [6.45, 7) is 3.34. The van der Waals surface area contributed by atoms with E-state index in [2.05, 4.69) is 22.2 Å². The maximum Gasteiger partial charge on any atom is 0.183 e. The van der Waals surface area contributed by atoms with Crippen LogP contribution in [0.5, 0.6) is 0 Å². The van der Waals surface area contributed by atoms with Crippen molar-refractivity contribution in [3.8, 4) is 11.3 Å². The topological polar surface area (TPSA) is 28.2 Å². The lowest BCUT2D eigenvalue weighted by molar-refractivity contribution is 0.217. The lowest BCUT2D eigenvalue weighted by Crippen LogP contribution is -2.35. The molecule has 0 aliphatic carbocycles. The Labute approximate surface area is 128 Å². The molecule has 1 fully saturated rings. The molecule has 1 aromatic carbocycles. The monoisotopic (exact) mass is 305 g/mol. The van der Waals surface area contributed by atoms with Crippen LogP contribution in [-0.2, 0) is 0 Å². The minimum absolute atomic E-state index is 0.214. The molecular formula is C16H20FN3S. The third kappa shape index (κ3) is 3.80. The van der Waals surface area contributed by atoms with Gasteiger partial charge >= 0.3 is 0 Å². The predicted octanol–water partition coefficient (Wildman–Crippen LogP) is 3.70. The number of likely N-dealkylation sites (tertiary alicyclic amines) is 1. The zero-order chi connectivity index (χ0) is 14.7. The van der Waals surface area contributed by atoms with Gasteiger partial charge in [0.15, 0.2) is 5.13 Å². The van der Waals surface area contributed by atoms with Crippen LogP contribution < -0.4 is 5.32 Å². The van der Waals surface area contributed by atoms with E-state index in [1.165, 1.54) is 31.5 Å². The number of anilines is 1. The second-order valence-corrected chi connectivity index (χ2v) is 6.55. The van der Waals surface area contributed by atoms with Crippen LogP contribution in [0.4, 0.5) is 9.52 Å². The average Bonchev–Trinajstić information content (AvgIpc) is 2.95. The van der Waals surface area contributed by atoms with E-state index in [9.17, 15) is 4.39 Å². The molecule has 3 rings (SSSR count). The lowest BCUT2D eigenvalue weighted by atomic mass is 9.99. The summed E-state index contributed by atoms with van der Waals surface area (Å²) in [7, 11) is 2.18. The van der Waals surface area contributed by atoms with Crippen molar-refractivity contribution in [2.24, 2.45) is 5.92 Å². The molecule has 112 valence electrons. The molecule has 1 aliphatic rings. The molecule has 21 heavy (non-hydrogen) atoms. The molecular weight excluding hydrogens is 285 g/mol. The summed E-state index contributed by atoms with van der Waals surface area (Å²) in [5, 5.41) is 6.41. The van der Waals surface area contributed by atoms with E-state index in [4.69, 9.17) is 0 Å². The summed E-state index contributed by atoms with van der Waals surface area (Å²) in [5.74, 6) is 0.482. The number of halogens is 1. The Morgan fingerprint density at radius 3 is 2.95 bits per heavy atom. The van der Waals surface area contributed by atoms with Gasteiger partial charge in [0.1, 0.15) is 5.82 Å². The first-order valence-electron chi connectivity index (χ1n) is 7.34. The van der Waals surface area contributed by atoms with E-state index in [1.807, 2.05) is 5.38 Å². The van der Waals surface area contributed by atoms with Crippen LogP contribution >= 0.6 is 11.3 Å². The van der Waals surface area contributed by atoms with Crippen molar-refractivity contribution in [1.29, 1.82) is 0 Å². The molecule has 0 bridgehead atoms. The largest absolute Gasteiger partial charge is 0.361 e. The highest BCUT2D eigenvalue weighted by Crippen LogP contribution is 2.25. The number of thiazole rings is 1. The standard InChI is InChI=1S/C16H20FN3S/c1-20-8-2-3-12(10-20)9-18-16-19-15(11-21-16)13-4-6-14(17)7-5-13/h4-7,11-12H,2-3,8-10H2,1H3,(H,18,19). The molecule has 5 heteroatoms. The zero-order valence-corrected chi connectivity index (χ0v) is 13.0. The van der Waals surface area contributed by atoms with E-state index in [1.54, 1.807) is 23.5 Å². The zero-order valence-electron chi connectivity index (χ0n) is 12.2. The number of nitrogens with one attached hydrogen (secondary N) is 1. The third-order valence-corrected chi connectivity index (χ3v) is 4.71. The summed E-state index contributed by atoms with van der Waals surface area (Å²) in [4.78, 5) is 6.98. The van der Waals surface area contributed by atoms with Crippen molar-refractivity contribution in [2.75, 3.05) is 32.0 Å². The molecule has 1 aromatic heterocycles. The van der Waals surface area contributed by atoms with Crippen molar-refractivity contribution in [1.82, 2.24) is 9.88 Å². The first kappa shape index (κ1) is 14.5. The molecule has 1 atom stereocenters. The highest BCUT2D eigenvalue weighted by molar-refractivity contribution is 7.14. The first-order chi connectivity index (χ1) is 10.2. The number of piperidine rings is 1. The van der Waals surface area contributed by atoms with Gasteiger partial charge in [0, 0.05) is 24.0 Å². The van der Waals surface area contributed by atoms with Gasteiger partial charge in [-0.05, 0) is 56.6 Å². The van der Waals surface area contributed by atoms with E-state index >= 15 is 0 Å². The van der Waals surface area contributed by atoms with E-state index < -0.39 is 0 Å². The molecule has 1 saturated heterocycles. The summed E-state index contributed by atoms with van der Waals surface area (Å²) in [6.07, 6.45) is 2.56. The van der Waals surface area contributed by atoms with Crippen LogP contribution in [0.3, 0.4) is 0 Å². The summed E-state index contributed by atoms with van der Waals surface area (Å²) in [6, 6.07) is 6.48. The predicted molar refractivity (Wildman–Crippen MR) is 86.2 cm³/mol. The number of rotatable bonds is 4. The van der Waals surface area contributed by atoms with Crippen LogP contribution in [0, 0.1) is 11.7 Å². The molecule has 0 spiro atoms. The normalized spacial score (nSPS) is 19.6. The molecule has 2 heterocycles. The molecule has 1 unspecified atom stereocenters. The summed E-state index contributed by atoms with van der Waals surface area (Å²) < 4.78 is 12.9. The Morgan fingerprint density at radius 2 is 2.19 bits per heavy atom. The first-order valence-corrected chi connectivity index (χ1v) is 8.22. The van der Waals surface area contributed by atoms with Gasteiger partial charge in [-0.15, -0.1) is 11.3 Å². The lowest BCUT2D eigenvalue weighted by Gasteiger charge is -2.29. The average molecular weight is 305 g/mol. The maximum absolute atomic E-state index is 12.9. The fourth-order valence-electron chi connectivity index (χ4n) is 2.78. The van der Waals surface area contributed by atoms with Crippen LogP contribution in [0.1, 0.15) is 12.8 Å². The van der Waals surface area contributed by atoms with Gasteiger partial charge in [-0.2, -0.15) is 0 Å². The molecule has 0 amide bonds. The van der Waals surface area contributed by atoms with E-state index in [-0.39, 0.29) is 5.82 Å². The number of hydrogen-bond donors (Lipinski definition) is 1. The summed E-state index contributed by atoms with van der Waals surface area (Å²) >= 11 is 1.61. The second kappa shape index (κ2) is 6.54. The number of hydrogen-bond acceptors (Lipinski definition) is 4. The third-order valence-electron chi connectivity index (χ3n) is 3.91. The minimum atomic E-state index is -0.214. The van der Waals surface area contributed by atoms with Crippen molar-refractivity contribution in [3.63, 3.8) is 0 Å². The molecule has 0 radical (unpaired) electrons. The highest BCUT2D eigenvalue weighted by atomic mass is 32.1. The summed E-state index contributed by atoms with van der Waals surface area (Å²) in [5.41, 5.74) is 1.86. The molecule has 2 aromatic rings. The maximum atomic E-state index is 12.9. The molecule has 1 aliphatic heterocycles. The van der Waals surface area contributed by atoms with Gasteiger partial charge in [0.05, 0.1) is 5.69 Å². The fraction of sp³-hybridized carbons (Fsp3) is 0.438. The van der Waals surface area contributed by atoms with Gasteiger partial charge in [-0.1, -0.05) is 0 Å². The Kier molecular flexibility index (Phi) is 4.51. The number of benzene rings is 1. The van der Waals surface area contributed by atoms with Gasteiger partial charge < -0.3 is 10.2 Å². The van der Waals surface area contributed by atoms with Crippen LogP contribution in [0.15, 0.2) is 29.6 Å². The number of nitrogens with zero attached hydrogens (tertiary/aromatic N) is 2.